The van der Waals surface area contributed by atoms with Crippen molar-refractivity contribution in [1.29, 1.82) is 0 Å². The van der Waals surface area contributed by atoms with Crippen molar-refractivity contribution in [3.63, 3.8) is 0 Å². The van der Waals surface area contributed by atoms with Crippen molar-refractivity contribution in [2.75, 3.05) is 5.32 Å². The number of aromatic nitrogens is 2. The molecule has 4 rings (SSSR count). The molecule has 1 aliphatic heterocycles. The van der Waals surface area contributed by atoms with Crippen LogP contribution < -0.4 is 5.32 Å². The fourth-order valence-electron chi connectivity index (χ4n) is 2.93. The molecule has 0 spiro atoms. The number of fused-ring (bicyclic) bond motifs is 1. The second-order valence-electron chi connectivity index (χ2n) is 6.01. The lowest BCUT2D eigenvalue weighted by Crippen LogP contribution is -2.16. The monoisotopic (exact) mass is 382 g/mol. The first-order valence-corrected chi connectivity index (χ1v) is 9.58. The van der Waals surface area contributed by atoms with E-state index >= 15 is 0 Å². The van der Waals surface area contributed by atoms with E-state index in [1.165, 1.54) is 24.3 Å². The zero-order chi connectivity index (χ0) is 19.0. The van der Waals surface area contributed by atoms with Gasteiger partial charge in [0.2, 0.25) is 0 Å². The first-order valence-electron chi connectivity index (χ1n) is 8.10. The molecule has 0 saturated carbocycles. The van der Waals surface area contributed by atoms with Crippen LogP contribution in [0.15, 0.2) is 54.6 Å². The zero-order valence-corrected chi connectivity index (χ0v) is 14.8. The highest BCUT2D eigenvalue weighted by atomic mass is 32.2. The average Bonchev–Trinajstić information content (AvgIpc) is 3.19. The molecule has 27 heavy (non-hydrogen) atoms. The summed E-state index contributed by atoms with van der Waals surface area (Å²) in [5, 5.41) is 18.1. The minimum Gasteiger partial charge on any atom is -0.306 e. The molecular formula is C18H14N4O4S. The van der Waals surface area contributed by atoms with Gasteiger partial charge in [-0.1, -0.05) is 18.2 Å². The van der Waals surface area contributed by atoms with Gasteiger partial charge in [-0.25, -0.2) is 4.68 Å². The van der Waals surface area contributed by atoms with Crippen LogP contribution in [0.5, 0.6) is 0 Å². The normalized spacial score (nSPS) is 15.3. The molecule has 1 aromatic heterocycles. The molecule has 0 saturated heterocycles. The number of rotatable bonds is 4. The van der Waals surface area contributed by atoms with Gasteiger partial charge in [0.1, 0.15) is 5.82 Å². The fraction of sp³-hybridized carbons (Fsp3) is 0.111. The lowest BCUT2D eigenvalue weighted by molar-refractivity contribution is -0.384. The highest BCUT2D eigenvalue weighted by molar-refractivity contribution is 7.83. The summed E-state index contributed by atoms with van der Waals surface area (Å²) in [5.74, 6) is 0.751. The van der Waals surface area contributed by atoms with Crippen LogP contribution in [0.1, 0.15) is 21.6 Å². The molecule has 0 fully saturated rings. The van der Waals surface area contributed by atoms with Crippen LogP contribution in [-0.4, -0.2) is 24.8 Å². The SMILES string of the molecule is O=C(Nc1c2c(nn1-c1ccccc1)CS(=O)C2)c1ccc([N+](=O)[O-])cc1. The summed E-state index contributed by atoms with van der Waals surface area (Å²) in [5.41, 5.74) is 2.44. The summed E-state index contributed by atoms with van der Waals surface area (Å²) < 4.78 is 13.5. The predicted octanol–water partition coefficient (Wildman–Crippen LogP) is 2.80. The molecule has 1 aliphatic rings. The number of nitro groups is 1. The third kappa shape index (κ3) is 3.24. The minimum absolute atomic E-state index is 0.0860. The number of hydrogen-bond acceptors (Lipinski definition) is 5. The quantitative estimate of drug-likeness (QED) is 0.551. The number of hydrogen-bond donors (Lipinski definition) is 1. The van der Waals surface area contributed by atoms with E-state index in [-0.39, 0.29) is 11.3 Å². The van der Waals surface area contributed by atoms with Crippen LogP contribution >= 0.6 is 0 Å². The maximum atomic E-state index is 12.7. The van der Waals surface area contributed by atoms with Gasteiger partial charge in [-0.15, -0.1) is 0 Å². The fourth-order valence-corrected chi connectivity index (χ4v) is 4.19. The highest BCUT2D eigenvalue weighted by Gasteiger charge is 2.28. The highest BCUT2D eigenvalue weighted by Crippen LogP contribution is 2.31. The summed E-state index contributed by atoms with van der Waals surface area (Å²) in [6.45, 7) is 0. The number of carbonyl (C=O) groups is 1. The van der Waals surface area contributed by atoms with Gasteiger partial charge in [0.25, 0.3) is 11.6 Å². The summed E-state index contributed by atoms with van der Waals surface area (Å²) >= 11 is 0. The van der Waals surface area contributed by atoms with Crippen LogP contribution in [0.2, 0.25) is 0 Å². The molecule has 1 atom stereocenters. The average molecular weight is 382 g/mol. The van der Waals surface area contributed by atoms with Gasteiger partial charge in [0.05, 0.1) is 27.8 Å². The molecule has 0 aliphatic carbocycles. The number of non-ortho nitro benzene ring substituents is 1. The number of nitro benzene ring substituents is 1. The lowest BCUT2D eigenvalue weighted by atomic mass is 10.2. The molecule has 1 unspecified atom stereocenters. The second kappa shape index (κ2) is 6.76. The number of anilines is 1. The van der Waals surface area contributed by atoms with Gasteiger partial charge in [-0.3, -0.25) is 19.1 Å². The van der Waals surface area contributed by atoms with E-state index in [1.807, 2.05) is 30.3 Å². The molecule has 1 amide bonds. The molecule has 3 aromatic rings. The van der Waals surface area contributed by atoms with E-state index in [0.717, 1.165) is 11.3 Å². The van der Waals surface area contributed by atoms with Gasteiger partial charge in [0, 0.05) is 34.1 Å². The summed E-state index contributed by atoms with van der Waals surface area (Å²) in [6, 6.07) is 14.7. The smallest absolute Gasteiger partial charge is 0.269 e. The molecule has 2 heterocycles. The van der Waals surface area contributed by atoms with Gasteiger partial charge in [-0.05, 0) is 24.3 Å². The minimum atomic E-state index is -1.03. The van der Waals surface area contributed by atoms with Crippen LogP contribution in [-0.2, 0) is 22.3 Å². The molecule has 1 N–H and O–H groups in total. The number of benzene rings is 2. The van der Waals surface area contributed by atoms with E-state index in [0.29, 0.717) is 23.0 Å². The van der Waals surface area contributed by atoms with E-state index in [9.17, 15) is 19.1 Å². The maximum Gasteiger partial charge on any atom is 0.269 e. The van der Waals surface area contributed by atoms with Gasteiger partial charge < -0.3 is 5.32 Å². The van der Waals surface area contributed by atoms with Crippen LogP contribution in [0, 0.1) is 10.1 Å². The Labute approximate surface area is 156 Å². The molecular weight excluding hydrogens is 368 g/mol. The van der Waals surface area contributed by atoms with Crippen molar-refractivity contribution < 1.29 is 13.9 Å². The first-order chi connectivity index (χ1) is 13.0. The lowest BCUT2D eigenvalue weighted by Gasteiger charge is -2.11. The maximum absolute atomic E-state index is 12.7. The van der Waals surface area contributed by atoms with E-state index < -0.39 is 21.6 Å². The first kappa shape index (κ1) is 17.1. The van der Waals surface area contributed by atoms with E-state index in [2.05, 4.69) is 10.4 Å². The Hall–Kier alpha value is -3.33. The van der Waals surface area contributed by atoms with Crippen LogP contribution in [0.3, 0.4) is 0 Å². The van der Waals surface area contributed by atoms with Crippen molar-refractivity contribution in [3.05, 3.63) is 81.5 Å². The van der Waals surface area contributed by atoms with Crippen LogP contribution in [0.4, 0.5) is 11.5 Å². The van der Waals surface area contributed by atoms with Gasteiger partial charge >= 0.3 is 0 Å². The van der Waals surface area contributed by atoms with Crippen molar-refractivity contribution in [1.82, 2.24) is 9.78 Å². The molecule has 0 radical (unpaired) electrons. The van der Waals surface area contributed by atoms with Gasteiger partial charge in [0.15, 0.2) is 0 Å². The van der Waals surface area contributed by atoms with E-state index in [4.69, 9.17) is 0 Å². The van der Waals surface area contributed by atoms with Gasteiger partial charge in [-0.2, -0.15) is 5.10 Å². The molecule has 9 heteroatoms. The second-order valence-corrected chi connectivity index (χ2v) is 7.46. The molecule has 2 aromatic carbocycles. The van der Waals surface area contributed by atoms with Crippen molar-refractivity contribution in [2.45, 2.75) is 11.5 Å². The summed E-state index contributed by atoms with van der Waals surface area (Å²) in [6.07, 6.45) is 0. The molecule has 0 bridgehead atoms. The Morgan fingerprint density at radius 3 is 2.48 bits per heavy atom. The Balaban J connectivity index is 1.69. The molecule has 136 valence electrons. The number of nitrogens with one attached hydrogen (secondary N) is 1. The van der Waals surface area contributed by atoms with Crippen molar-refractivity contribution in [2.24, 2.45) is 0 Å². The van der Waals surface area contributed by atoms with Crippen LogP contribution in [0.25, 0.3) is 5.69 Å². The zero-order valence-electron chi connectivity index (χ0n) is 14.0. The third-order valence-corrected chi connectivity index (χ3v) is 5.45. The third-order valence-electron chi connectivity index (χ3n) is 4.24. The predicted molar refractivity (Wildman–Crippen MR) is 100 cm³/mol. The summed E-state index contributed by atoms with van der Waals surface area (Å²) in [4.78, 5) is 22.9. The number of para-hydroxylation sites is 1. The standard InChI is InChI=1S/C18H14N4O4S/c23-18(12-6-8-14(9-7-12)22(24)25)19-17-15-10-27(26)11-16(15)20-21(17)13-4-2-1-3-5-13/h1-9H,10-11H2,(H,19,23). The number of amides is 1. The number of carbonyl (C=O) groups excluding carboxylic acids is 1. The molecule has 8 nitrogen and oxygen atoms in total. The van der Waals surface area contributed by atoms with E-state index in [1.54, 1.807) is 4.68 Å². The largest absolute Gasteiger partial charge is 0.306 e. The van der Waals surface area contributed by atoms with Crippen molar-refractivity contribution >= 4 is 28.2 Å². The number of nitrogens with zero attached hydrogens (tertiary/aromatic N) is 3. The Kier molecular flexibility index (Phi) is 4.28. The Morgan fingerprint density at radius 1 is 1.11 bits per heavy atom. The van der Waals surface area contributed by atoms with Crippen molar-refractivity contribution in [3.8, 4) is 5.69 Å². The Bertz CT molecular complexity index is 1060. The Morgan fingerprint density at radius 2 is 1.81 bits per heavy atom. The summed E-state index contributed by atoms with van der Waals surface area (Å²) in [7, 11) is -1.03. The topological polar surface area (TPSA) is 107 Å².